The summed E-state index contributed by atoms with van der Waals surface area (Å²) in [6.45, 7) is 3.16. The molecule has 0 bridgehead atoms. The van der Waals surface area contributed by atoms with Crippen LogP contribution in [0.2, 0.25) is 0 Å². The first-order valence-corrected chi connectivity index (χ1v) is 5.16. The van der Waals surface area contributed by atoms with Crippen molar-refractivity contribution in [1.82, 2.24) is 0 Å². The second-order valence-corrected chi connectivity index (χ2v) is 3.19. The van der Waals surface area contributed by atoms with Gasteiger partial charge in [0.05, 0.1) is 7.11 Å². The average molecular weight is 196 g/mol. The summed E-state index contributed by atoms with van der Waals surface area (Å²) in [5, 5.41) is 0. The molecule has 0 saturated carbocycles. The summed E-state index contributed by atoms with van der Waals surface area (Å²) in [6.07, 6.45) is 14.1. The molecule has 0 radical (unpaired) electrons. The molecule has 0 fully saturated rings. The first-order valence-electron chi connectivity index (χ1n) is 5.16. The summed E-state index contributed by atoms with van der Waals surface area (Å²) < 4.78 is 4.14. The highest BCUT2D eigenvalue weighted by molar-refractivity contribution is 5.80. The molecule has 0 saturated heterocycles. The van der Waals surface area contributed by atoms with E-state index in [9.17, 15) is 4.79 Å². The third-order valence-corrected chi connectivity index (χ3v) is 2.03. The van der Waals surface area contributed by atoms with E-state index in [2.05, 4.69) is 23.5 Å². The van der Waals surface area contributed by atoms with Crippen LogP contribution in [0.4, 0.5) is 0 Å². The molecule has 0 aliphatic heterocycles. The van der Waals surface area contributed by atoms with Crippen LogP contribution in [0.3, 0.4) is 0 Å². The molecule has 0 aromatic carbocycles. The van der Waals surface area contributed by atoms with Gasteiger partial charge >= 0.3 is 5.97 Å². The minimum atomic E-state index is -0.394. The zero-order valence-corrected chi connectivity index (χ0v) is 9.00. The van der Waals surface area contributed by atoms with Crippen molar-refractivity contribution < 1.29 is 9.53 Å². The van der Waals surface area contributed by atoms with E-state index < -0.39 is 5.97 Å². The van der Waals surface area contributed by atoms with Crippen molar-refractivity contribution in [2.24, 2.45) is 0 Å². The Hall–Kier alpha value is -1.05. The van der Waals surface area contributed by atoms with Crippen LogP contribution in [0.5, 0.6) is 0 Å². The average Bonchev–Trinajstić information content (AvgIpc) is 2.16. The van der Waals surface area contributed by atoms with E-state index in [0.717, 1.165) is 6.08 Å². The van der Waals surface area contributed by atoms with Crippen LogP contribution >= 0.6 is 0 Å². The number of hydrogen-bond acceptors (Lipinski definition) is 2. The van der Waals surface area contributed by atoms with Gasteiger partial charge in [0.15, 0.2) is 0 Å². The Morgan fingerprint density at radius 2 is 1.71 bits per heavy atom. The van der Waals surface area contributed by atoms with Crippen molar-refractivity contribution in [3.63, 3.8) is 0 Å². The van der Waals surface area contributed by atoms with Gasteiger partial charge in [-0.25, -0.2) is 4.79 Å². The Morgan fingerprint density at radius 1 is 1.21 bits per heavy atom. The quantitative estimate of drug-likeness (QED) is 0.365. The molecule has 1 aliphatic rings. The van der Waals surface area contributed by atoms with Gasteiger partial charge in [0.25, 0.3) is 0 Å². The lowest BCUT2D eigenvalue weighted by molar-refractivity contribution is -0.134. The molecule has 0 unspecified atom stereocenters. The standard InChI is InChI=1S/C8H14.C4H6O2/c1-2-4-6-8-7-5-3-1;1-3-4(5)6-2/h1-2H,3-8H2;3H,1H2,2H3. The predicted octanol–water partition coefficient (Wildman–Crippen LogP) is 3.24. The van der Waals surface area contributed by atoms with Gasteiger partial charge in [0.2, 0.25) is 0 Å². The Balaban J connectivity index is 0.000000255. The first-order chi connectivity index (χ1) is 6.81. The van der Waals surface area contributed by atoms with Crippen molar-refractivity contribution in [1.29, 1.82) is 0 Å². The highest BCUT2D eigenvalue weighted by Gasteiger charge is 1.89. The van der Waals surface area contributed by atoms with Gasteiger partial charge in [0.1, 0.15) is 0 Å². The highest BCUT2D eigenvalue weighted by atomic mass is 16.5. The van der Waals surface area contributed by atoms with Crippen molar-refractivity contribution in [2.75, 3.05) is 7.11 Å². The number of carbonyl (C=O) groups is 1. The first kappa shape index (κ1) is 12.9. The normalized spacial score (nSPS) is 15.5. The Labute approximate surface area is 86.6 Å². The molecule has 0 heterocycles. The molecule has 0 amide bonds. The molecule has 0 atom stereocenters. The molecule has 0 spiro atoms. The number of esters is 1. The van der Waals surface area contributed by atoms with Crippen molar-refractivity contribution in [3.8, 4) is 0 Å². The molecular formula is C12H20O2. The van der Waals surface area contributed by atoms with Crippen LogP contribution in [0.15, 0.2) is 24.8 Å². The summed E-state index contributed by atoms with van der Waals surface area (Å²) in [5.74, 6) is -0.394. The Bertz CT molecular complexity index is 173. The number of hydrogen-bond donors (Lipinski definition) is 0. The summed E-state index contributed by atoms with van der Waals surface area (Å²) in [4.78, 5) is 9.84. The van der Waals surface area contributed by atoms with Crippen LogP contribution in [-0.4, -0.2) is 13.1 Å². The van der Waals surface area contributed by atoms with E-state index in [1.54, 1.807) is 0 Å². The lowest BCUT2D eigenvalue weighted by Crippen LogP contribution is -1.91. The van der Waals surface area contributed by atoms with E-state index >= 15 is 0 Å². The van der Waals surface area contributed by atoms with E-state index in [1.807, 2.05) is 0 Å². The maximum absolute atomic E-state index is 9.84. The molecular weight excluding hydrogens is 176 g/mol. The van der Waals surface area contributed by atoms with E-state index in [0.29, 0.717) is 0 Å². The summed E-state index contributed by atoms with van der Waals surface area (Å²) in [5.41, 5.74) is 0. The van der Waals surface area contributed by atoms with Gasteiger partial charge in [-0.05, 0) is 25.7 Å². The van der Waals surface area contributed by atoms with Gasteiger partial charge < -0.3 is 4.74 Å². The van der Waals surface area contributed by atoms with Gasteiger partial charge in [0, 0.05) is 6.08 Å². The maximum atomic E-state index is 9.84. The van der Waals surface area contributed by atoms with Crippen LogP contribution in [0, 0.1) is 0 Å². The van der Waals surface area contributed by atoms with Gasteiger partial charge in [-0.2, -0.15) is 0 Å². The molecule has 0 N–H and O–H groups in total. The number of carbonyl (C=O) groups excluding carboxylic acids is 1. The predicted molar refractivity (Wildman–Crippen MR) is 59.1 cm³/mol. The highest BCUT2D eigenvalue weighted by Crippen LogP contribution is 2.09. The third kappa shape index (κ3) is 9.04. The molecule has 2 heteroatoms. The fraction of sp³-hybridized carbons (Fsp3) is 0.583. The van der Waals surface area contributed by atoms with Crippen molar-refractivity contribution in [2.45, 2.75) is 38.5 Å². The second kappa shape index (κ2) is 10.0. The molecule has 0 aromatic rings. The number of ether oxygens (including phenoxy) is 1. The van der Waals surface area contributed by atoms with Crippen molar-refractivity contribution >= 4 is 5.97 Å². The van der Waals surface area contributed by atoms with Crippen LogP contribution in [-0.2, 0) is 9.53 Å². The van der Waals surface area contributed by atoms with Crippen LogP contribution in [0.1, 0.15) is 38.5 Å². The lowest BCUT2D eigenvalue weighted by atomic mass is 10.1. The fourth-order valence-corrected chi connectivity index (χ4v) is 1.20. The third-order valence-electron chi connectivity index (χ3n) is 2.03. The SMILES string of the molecule is C1=CCCCCCC1.C=CC(=O)OC. The van der Waals surface area contributed by atoms with Crippen LogP contribution < -0.4 is 0 Å². The molecule has 1 aliphatic carbocycles. The molecule has 2 nitrogen and oxygen atoms in total. The van der Waals surface area contributed by atoms with E-state index in [1.165, 1.54) is 45.6 Å². The minimum Gasteiger partial charge on any atom is -0.466 e. The molecule has 0 aromatic heterocycles. The van der Waals surface area contributed by atoms with Gasteiger partial charge in [-0.3, -0.25) is 0 Å². The number of allylic oxidation sites excluding steroid dienone is 2. The number of methoxy groups -OCH3 is 1. The van der Waals surface area contributed by atoms with Crippen LogP contribution in [0.25, 0.3) is 0 Å². The lowest BCUT2D eigenvalue weighted by Gasteiger charge is -2.00. The molecule has 80 valence electrons. The fourth-order valence-electron chi connectivity index (χ4n) is 1.20. The topological polar surface area (TPSA) is 26.3 Å². The van der Waals surface area contributed by atoms with E-state index in [4.69, 9.17) is 0 Å². The smallest absolute Gasteiger partial charge is 0.329 e. The molecule has 14 heavy (non-hydrogen) atoms. The number of rotatable bonds is 1. The summed E-state index contributed by atoms with van der Waals surface area (Å²) >= 11 is 0. The Morgan fingerprint density at radius 3 is 2.00 bits per heavy atom. The Kier molecular flexibility index (Phi) is 9.28. The van der Waals surface area contributed by atoms with Crippen molar-refractivity contribution in [3.05, 3.63) is 24.8 Å². The summed E-state index contributed by atoms with van der Waals surface area (Å²) in [7, 11) is 1.31. The maximum Gasteiger partial charge on any atom is 0.329 e. The largest absolute Gasteiger partial charge is 0.466 e. The summed E-state index contributed by atoms with van der Waals surface area (Å²) in [6, 6.07) is 0. The second-order valence-electron chi connectivity index (χ2n) is 3.19. The minimum absolute atomic E-state index is 0.394. The van der Waals surface area contributed by atoms with Gasteiger partial charge in [-0.1, -0.05) is 31.6 Å². The molecule has 1 rings (SSSR count). The zero-order valence-electron chi connectivity index (χ0n) is 9.00. The van der Waals surface area contributed by atoms with E-state index in [-0.39, 0.29) is 0 Å². The van der Waals surface area contributed by atoms with Gasteiger partial charge in [-0.15, -0.1) is 0 Å². The zero-order chi connectivity index (χ0) is 10.6. The monoisotopic (exact) mass is 196 g/mol.